The second-order valence-corrected chi connectivity index (χ2v) is 4.54. The first-order valence-electron chi connectivity index (χ1n) is 6.21. The zero-order valence-electron chi connectivity index (χ0n) is 9.50. The monoisotopic (exact) mass is 213 g/mol. The van der Waals surface area contributed by atoms with Gasteiger partial charge < -0.3 is 10.4 Å². The summed E-state index contributed by atoms with van der Waals surface area (Å²) < 4.78 is 0. The summed E-state index contributed by atoms with van der Waals surface area (Å²) in [4.78, 5) is 10.2. The van der Waals surface area contributed by atoms with Crippen LogP contribution in [-0.4, -0.2) is 24.2 Å². The predicted octanol–water partition coefficient (Wildman–Crippen LogP) is 2.41. The van der Waals surface area contributed by atoms with Gasteiger partial charge in [0.2, 0.25) is 0 Å². The molecule has 0 saturated heterocycles. The van der Waals surface area contributed by atoms with Crippen LogP contribution < -0.4 is 5.32 Å². The smallest absolute Gasteiger partial charge is 0.303 e. The molecule has 1 rings (SSSR count). The molecule has 0 aromatic carbocycles. The number of rotatable bonds is 8. The van der Waals surface area contributed by atoms with E-state index in [1.165, 1.54) is 38.5 Å². The van der Waals surface area contributed by atoms with Crippen LogP contribution >= 0.6 is 0 Å². The number of carboxylic acids is 1. The van der Waals surface area contributed by atoms with Crippen LogP contribution in [0.25, 0.3) is 0 Å². The molecule has 0 aromatic rings. The van der Waals surface area contributed by atoms with Gasteiger partial charge in [0.25, 0.3) is 0 Å². The Morgan fingerprint density at radius 2 is 1.87 bits per heavy atom. The van der Waals surface area contributed by atoms with Crippen LogP contribution in [0.1, 0.15) is 51.4 Å². The summed E-state index contributed by atoms with van der Waals surface area (Å²) in [5, 5.41) is 11.7. The normalized spacial score (nSPS) is 17.1. The Kier molecular flexibility index (Phi) is 6.41. The minimum absolute atomic E-state index is 0.287. The quantitative estimate of drug-likeness (QED) is 0.609. The average Bonchev–Trinajstić information content (AvgIpc) is 2.68. The van der Waals surface area contributed by atoms with Crippen LogP contribution in [0, 0.1) is 5.92 Å². The third kappa shape index (κ3) is 6.50. The van der Waals surface area contributed by atoms with Crippen LogP contribution in [0.4, 0.5) is 0 Å². The highest BCUT2D eigenvalue weighted by molar-refractivity contribution is 5.66. The molecule has 1 aliphatic carbocycles. The van der Waals surface area contributed by atoms with Gasteiger partial charge in [-0.05, 0) is 38.3 Å². The van der Waals surface area contributed by atoms with E-state index in [0.717, 1.165) is 25.4 Å². The highest BCUT2D eigenvalue weighted by Crippen LogP contribution is 2.28. The van der Waals surface area contributed by atoms with Crippen molar-refractivity contribution >= 4 is 5.97 Å². The average molecular weight is 213 g/mol. The van der Waals surface area contributed by atoms with E-state index in [9.17, 15) is 4.79 Å². The first-order valence-corrected chi connectivity index (χ1v) is 6.21. The van der Waals surface area contributed by atoms with Crippen LogP contribution in [0.3, 0.4) is 0 Å². The van der Waals surface area contributed by atoms with E-state index in [-0.39, 0.29) is 6.42 Å². The Morgan fingerprint density at radius 3 is 2.53 bits per heavy atom. The lowest BCUT2D eigenvalue weighted by atomic mass is 10.0. The topological polar surface area (TPSA) is 49.3 Å². The van der Waals surface area contributed by atoms with Gasteiger partial charge in [-0.1, -0.05) is 25.7 Å². The van der Waals surface area contributed by atoms with Crippen molar-refractivity contribution in [3.05, 3.63) is 0 Å². The standard InChI is InChI=1S/C12H23NO2/c14-12(15)8-4-10-13-9-3-7-11-5-1-2-6-11/h11,13H,1-10H2,(H,14,15). The van der Waals surface area contributed by atoms with Gasteiger partial charge in [0.1, 0.15) is 0 Å². The molecule has 1 fully saturated rings. The maximum atomic E-state index is 10.2. The Bertz CT molecular complexity index is 176. The Balaban J connectivity index is 1.78. The van der Waals surface area contributed by atoms with Crippen molar-refractivity contribution in [3.63, 3.8) is 0 Å². The van der Waals surface area contributed by atoms with Gasteiger partial charge >= 0.3 is 5.97 Å². The molecule has 88 valence electrons. The van der Waals surface area contributed by atoms with E-state index >= 15 is 0 Å². The predicted molar refractivity (Wildman–Crippen MR) is 60.9 cm³/mol. The highest BCUT2D eigenvalue weighted by atomic mass is 16.4. The van der Waals surface area contributed by atoms with Crippen molar-refractivity contribution in [2.24, 2.45) is 5.92 Å². The molecular weight excluding hydrogens is 190 g/mol. The fourth-order valence-electron chi connectivity index (χ4n) is 2.30. The third-order valence-electron chi connectivity index (χ3n) is 3.18. The second kappa shape index (κ2) is 7.69. The first-order chi connectivity index (χ1) is 7.29. The van der Waals surface area contributed by atoms with Crippen molar-refractivity contribution < 1.29 is 9.90 Å². The summed E-state index contributed by atoms with van der Waals surface area (Å²) in [6.45, 7) is 1.90. The van der Waals surface area contributed by atoms with E-state index in [1.807, 2.05) is 0 Å². The summed E-state index contributed by atoms with van der Waals surface area (Å²) in [5.74, 6) is 0.286. The van der Waals surface area contributed by atoms with Crippen LogP contribution in [0.2, 0.25) is 0 Å². The molecule has 0 spiro atoms. The van der Waals surface area contributed by atoms with Crippen molar-refractivity contribution in [3.8, 4) is 0 Å². The summed E-state index contributed by atoms with van der Waals surface area (Å²) in [5.41, 5.74) is 0. The highest BCUT2D eigenvalue weighted by Gasteiger charge is 2.13. The van der Waals surface area contributed by atoms with Crippen LogP contribution in [0.15, 0.2) is 0 Å². The Morgan fingerprint density at radius 1 is 1.20 bits per heavy atom. The number of hydrogen-bond donors (Lipinski definition) is 2. The number of nitrogens with one attached hydrogen (secondary N) is 1. The summed E-state index contributed by atoms with van der Waals surface area (Å²) in [6.07, 6.45) is 9.35. The number of aliphatic carboxylic acids is 1. The largest absolute Gasteiger partial charge is 0.481 e. The number of carboxylic acid groups (broad SMARTS) is 1. The second-order valence-electron chi connectivity index (χ2n) is 4.54. The van der Waals surface area contributed by atoms with E-state index in [4.69, 9.17) is 5.11 Å². The maximum absolute atomic E-state index is 10.2. The van der Waals surface area contributed by atoms with Gasteiger partial charge in [-0.15, -0.1) is 0 Å². The van der Waals surface area contributed by atoms with E-state index in [1.54, 1.807) is 0 Å². The zero-order chi connectivity index (χ0) is 10.9. The molecule has 0 atom stereocenters. The first kappa shape index (κ1) is 12.5. The fourth-order valence-corrected chi connectivity index (χ4v) is 2.30. The molecule has 1 aliphatic rings. The van der Waals surface area contributed by atoms with E-state index in [0.29, 0.717) is 0 Å². The molecule has 0 aromatic heterocycles. The van der Waals surface area contributed by atoms with Gasteiger partial charge in [-0.25, -0.2) is 0 Å². The third-order valence-corrected chi connectivity index (χ3v) is 3.18. The molecule has 1 saturated carbocycles. The molecular formula is C12H23NO2. The van der Waals surface area contributed by atoms with Gasteiger partial charge in [-0.2, -0.15) is 0 Å². The number of hydrogen-bond acceptors (Lipinski definition) is 2. The van der Waals surface area contributed by atoms with E-state index < -0.39 is 5.97 Å². The van der Waals surface area contributed by atoms with Crippen LogP contribution in [-0.2, 0) is 4.79 Å². The zero-order valence-corrected chi connectivity index (χ0v) is 9.50. The lowest BCUT2D eigenvalue weighted by molar-refractivity contribution is -0.137. The number of carbonyl (C=O) groups is 1. The van der Waals surface area contributed by atoms with Crippen molar-refractivity contribution in [2.75, 3.05) is 13.1 Å². The summed E-state index contributed by atoms with van der Waals surface area (Å²) in [7, 11) is 0. The van der Waals surface area contributed by atoms with Gasteiger partial charge in [0, 0.05) is 6.42 Å². The molecule has 15 heavy (non-hydrogen) atoms. The van der Waals surface area contributed by atoms with Gasteiger partial charge in [-0.3, -0.25) is 4.79 Å². The van der Waals surface area contributed by atoms with Gasteiger partial charge in [0.15, 0.2) is 0 Å². The molecule has 0 heterocycles. The molecule has 0 unspecified atom stereocenters. The molecule has 0 radical (unpaired) electrons. The van der Waals surface area contributed by atoms with Crippen molar-refractivity contribution in [1.29, 1.82) is 0 Å². The SMILES string of the molecule is O=C(O)CCCNCCCC1CCCC1. The van der Waals surface area contributed by atoms with Gasteiger partial charge in [0.05, 0.1) is 0 Å². The lowest BCUT2D eigenvalue weighted by Crippen LogP contribution is -2.18. The lowest BCUT2D eigenvalue weighted by Gasteiger charge is -2.08. The minimum atomic E-state index is -0.692. The van der Waals surface area contributed by atoms with Crippen molar-refractivity contribution in [2.45, 2.75) is 51.4 Å². The minimum Gasteiger partial charge on any atom is -0.481 e. The molecule has 3 nitrogen and oxygen atoms in total. The maximum Gasteiger partial charge on any atom is 0.303 e. The van der Waals surface area contributed by atoms with Crippen LogP contribution in [0.5, 0.6) is 0 Å². The van der Waals surface area contributed by atoms with Crippen molar-refractivity contribution in [1.82, 2.24) is 5.32 Å². The molecule has 0 aliphatic heterocycles. The van der Waals surface area contributed by atoms with E-state index in [2.05, 4.69) is 5.32 Å². The molecule has 0 bridgehead atoms. The molecule has 0 amide bonds. The molecule has 3 heteroatoms. The summed E-state index contributed by atoms with van der Waals surface area (Å²) >= 11 is 0. The summed E-state index contributed by atoms with van der Waals surface area (Å²) in [6, 6.07) is 0. The fraction of sp³-hybridized carbons (Fsp3) is 0.917. The Labute approximate surface area is 92.3 Å². The Hall–Kier alpha value is -0.570. The molecule has 2 N–H and O–H groups in total.